The molecule has 2 rings (SSSR count). The number of hydrogen-bond acceptors (Lipinski definition) is 1. The molecule has 0 heterocycles. The van der Waals surface area contributed by atoms with E-state index >= 15 is 0 Å². The third kappa shape index (κ3) is 1.45. The molecule has 0 aliphatic heterocycles. The molecule has 0 fully saturated rings. The number of aldehydes is 1. The van der Waals surface area contributed by atoms with Gasteiger partial charge in [-0.3, -0.25) is 4.79 Å². The summed E-state index contributed by atoms with van der Waals surface area (Å²) in [5.74, 6) is 0. The Hall–Kier alpha value is -1.63. The standard InChI is InChI=1S/C12H10O/c1-9-2-4-12-7-10(8-13)3-5-11(12)6-9/h2-8H,1H3. The summed E-state index contributed by atoms with van der Waals surface area (Å²) in [4.78, 5) is 10.5. The summed E-state index contributed by atoms with van der Waals surface area (Å²) in [6.45, 7) is 2.06. The van der Waals surface area contributed by atoms with Crippen LogP contribution in [0, 0.1) is 6.92 Å². The van der Waals surface area contributed by atoms with Crippen LogP contribution in [0.25, 0.3) is 10.8 Å². The van der Waals surface area contributed by atoms with E-state index in [1.807, 2.05) is 24.3 Å². The Kier molecular flexibility index (Phi) is 1.85. The van der Waals surface area contributed by atoms with Crippen LogP contribution in [0.15, 0.2) is 36.4 Å². The molecule has 1 heteroatoms. The molecule has 0 radical (unpaired) electrons. The zero-order valence-corrected chi connectivity index (χ0v) is 7.45. The zero-order chi connectivity index (χ0) is 9.26. The minimum Gasteiger partial charge on any atom is -0.298 e. The summed E-state index contributed by atoms with van der Waals surface area (Å²) >= 11 is 0. The van der Waals surface area contributed by atoms with Crippen LogP contribution in [0.3, 0.4) is 0 Å². The van der Waals surface area contributed by atoms with Gasteiger partial charge in [0.2, 0.25) is 0 Å². The van der Waals surface area contributed by atoms with Crippen molar-refractivity contribution in [3.05, 3.63) is 47.5 Å². The molecule has 0 atom stereocenters. The van der Waals surface area contributed by atoms with Crippen molar-refractivity contribution >= 4 is 17.1 Å². The molecule has 0 saturated carbocycles. The molecular formula is C12H10O. The Balaban J connectivity index is 2.73. The van der Waals surface area contributed by atoms with Gasteiger partial charge in [-0.15, -0.1) is 0 Å². The van der Waals surface area contributed by atoms with Crippen LogP contribution in [0.5, 0.6) is 0 Å². The smallest absolute Gasteiger partial charge is 0.150 e. The molecule has 0 amide bonds. The third-order valence-electron chi connectivity index (χ3n) is 2.16. The quantitative estimate of drug-likeness (QED) is 0.601. The van der Waals surface area contributed by atoms with E-state index in [1.165, 1.54) is 10.9 Å². The molecule has 2 aromatic carbocycles. The van der Waals surface area contributed by atoms with Gasteiger partial charge in [-0.05, 0) is 23.8 Å². The van der Waals surface area contributed by atoms with Crippen LogP contribution in [0.2, 0.25) is 0 Å². The van der Waals surface area contributed by atoms with Crippen molar-refractivity contribution in [1.82, 2.24) is 0 Å². The Labute approximate surface area is 77.0 Å². The molecule has 0 saturated heterocycles. The van der Waals surface area contributed by atoms with E-state index in [4.69, 9.17) is 0 Å². The van der Waals surface area contributed by atoms with Gasteiger partial charge in [0, 0.05) is 5.56 Å². The Morgan fingerprint density at radius 1 is 1.00 bits per heavy atom. The molecule has 0 bridgehead atoms. The fraction of sp³-hybridized carbons (Fsp3) is 0.0833. The van der Waals surface area contributed by atoms with Gasteiger partial charge in [0.1, 0.15) is 6.29 Å². The molecular weight excluding hydrogens is 160 g/mol. The number of rotatable bonds is 1. The first-order valence-corrected chi connectivity index (χ1v) is 4.25. The maximum absolute atomic E-state index is 10.5. The average Bonchev–Trinajstić information content (AvgIpc) is 2.17. The van der Waals surface area contributed by atoms with Crippen molar-refractivity contribution in [2.75, 3.05) is 0 Å². The summed E-state index contributed by atoms with van der Waals surface area (Å²) in [6, 6.07) is 11.9. The van der Waals surface area contributed by atoms with E-state index in [1.54, 1.807) is 0 Å². The number of carbonyl (C=O) groups is 1. The summed E-state index contributed by atoms with van der Waals surface area (Å²) in [5.41, 5.74) is 1.97. The first-order valence-electron chi connectivity index (χ1n) is 4.25. The van der Waals surface area contributed by atoms with Crippen LogP contribution in [0.4, 0.5) is 0 Å². The summed E-state index contributed by atoms with van der Waals surface area (Å²) in [7, 11) is 0. The molecule has 13 heavy (non-hydrogen) atoms. The van der Waals surface area contributed by atoms with Gasteiger partial charge in [-0.2, -0.15) is 0 Å². The maximum atomic E-state index is 10.5. The number of benzene rings is 2. The minimum absolute atomic E-state index is 0.733. The summed E-state index contributed by atoms with van der Waals surface area (Å²) < 4.78 is 0. The second kappa shape index (κ2) is 3.02. The first kappa shape index (κ1) is 7.99. The van der Waals surface area contributed by atoms with Crippen molar-refractivity contribution in [3.8, 4) is 0 Å². The lowest BCUT2D eigenvalue weighted by Crippen LogP contribution is -1.80. The Morgan fingerprint density at radius 3 is 2.46 bits per heavy atom. The molecule has 2 aromatic rings. The molecule has 64 valence electrons. The molecule has 0 spiro atoms. The number of fused-ring (bicyclic) bond motifs is 1. The van der Waals surface area contributed by atoms with Crippen molar-refractivity contribution in [2.24, 2.45) is 0 Å². The van der Waals surface area contributed by atoms with E-state index in [2.05, 4.69) is 19.1 Å². The maximum Gasteiger partial charge on any atom is 0.150 e. The normalized spacial score (nSPS) is 10.2. The van der Waals surface area contributed by atoms with Crippen LogP contribution in [0.1, 0.15) is 15.9 Å². The highest BCUT2D eigenvalue weighted by atomic mass is 16.1. The first-order chi connectivity index (χ1) is 6.29. The predicted molar refractivity (Wildman–Crippen MR) is 54.1 cm³/mol. The monoisotopic (exact) mass is 170 g/mol. The number of aryl methyl sites for hydroxylation is 1. The van der Waals surface area contributed by atoms with Gasteiger partial charge in [0.05, 0.1) is 0 Å². The highest BCUT2D eigenvalue weighted by Gasteiger charge is 1.95. The Morgan fingerprint density at radius 2 is 1.69 bits per heavy atom. The van der Waals surface area contributed by atoms with E-state index in [0.717, 1.165) is 17.2 Å². The molecule has 0 N–H and O–H groups in total. The highest BCUT2D eigenvalue weighted by molar-refractivity contribution is 5.89. The van der Waals surface area contributed by atoms with E-state index in [9.17, 15) is 4.79 Å². The highest BCUT2D eigenvalue weighted by Crippen LogP contribution is 2.16. The molecule has 0 aliphatic rings. The van der Waals surface area contributed by atoms with E-state index in [0.29, 0.717) is 0 Å². The number of hydrogen-bond donors (Lipinski definition) is 0. The minimum atomic E-state index is 0.733. The second-order valence-electron chi connectivity index (χ2n) is 3.23. The van der Waals surface area contributed by atoms with Crippen LogP contribution in [-0.4, -0.2) is 6.29 Å². The molecule has 1 nitrogen and oxygen atoms in total. The van der Waals surface area contributed by atoms with Gasteiger partial charge in [0.25, 0.3) is 0 Å². The second-order valence-corrected chi connectivity index (χ2v) is 3.23. The molecule has 0 aliphatic carbocycles. The average molecular weight is 170 g/mol. The van der Waals surface area contributed by atoms with Gasteiger partial charge in [0.15, 0.2) is 0 Å². The van der Waals surface area contributed by atoms with Crippen molar-refractivity contribution in [2.45, 2.75) is 6.92 Å². The predicted octanol–water partition coefficient (Wildman–Crippen LogP) is 2.96. The SMILES string of the molecule is Cc1ccc2cc(C=O)ccc2c1. The lowest BCUT2D eigenvalue weighted by molar-refractivity contribution is 0.112. The van der Waals surface area contributed by atoms with Gasteiger partial charge < -0.3 is 0 Å². The van der Waals surface area contributed by atoms with E-state index in [-0.39, 0.29) is 0 Å². The molecule has 0 aromatic heterocycles. The van der Waals surface area contributed by atoms with Crippen molar-refractivity contribution in [3.63, 3.8) is 0 Å². The summed E-state index contributed by atoms with van der Waals surface area (Å²) in [6.07, 6.45) is 0.874. The number of carbonyl (C=O) groups excluding carboxylic acids is 1. The fourth-order valence-electron chi connectivity index (χ4n) is 1.46. The Bertz CT molecular complexity index is 458. The summed E-state index contributed by atoms with van der Waals surface area (Å²) in [5, 5.41) is 2.31. The van der Waals surface area contributed by atoms with Gasteiger partial charge >= 0.3 is 0 Å². The fourth-order valence-corrected chi connectivity index (χ4v) is 1.46. The van der Waals surface area contributed by atoms with Crippen LogP contribution in [-0.2, 0) is 0 Å². The third-order valence-corrected chi connectivity index (χ3v) is 2.16. The van der Waals surface area contributed by atoms with Crippen molar-refractivity contribution < 1.29 is 4.79 Å². The van der Waals surface area contributed by atoms with E-state index < -0.39 is 0 Å². The topological polar surface area (TPSA) is 17.1 Å². The zero-order valence-electron chi connectivity index (χ0n) is 7.45. The van der Waals surface area contributed by atoms with Gasteiger partial charge in [-0.25, -0.2) is 0 Å². The van der Waals surface area contributed by atoms with Crippen LogP contribution >= 0.6 is 0 Å². The van der Waals surface area contributed by atoms with Crippen molar-refractivity contribution in [1.29, 1.82) is 0 Å². The molecule has 0 unspecified atom stereocenters. The lowest BCUT2D eigenvalue weighted by Gasteiger charge is -1.99. The van der Waals surface area contributed by atoms with Gasteiger partial charge in [-0.1, -0.05) is 35.9 Å². The van der Waals surface area contributed by atoms with Crippen LogP contribution < -0.4 is 0 Å². The largest absolute Gasteiger partial charge is 0.298 e. The lowest BCUT2D eigenvalue weighted by atomic mass is 10.1.